The number of carbonyl (C=O) groups is 2. The Bertz CT molecular complexity index is 503. The van der Waals surface area contributed by atoms with Crippen molar-refractivity contribution < 1.29 is 14.7 Å². The molecule has 0 spiro atoms. The van der Waals surface area contributed by atoms with Crippen LogP contribution in [0.4, 0.5) is 5.69 Å². The van der Waals surface area contributed by atoms with E-state index in [2.05, 4.69) is 5.32 Å². The minimum absolute atomic E-state index is 0.0897. The molecule has 1 amide bonds. The predicted octanol–water partition coefficient (Wildman–Crippen LogP) is 1.92. The van der Waals surface area contributed by atoms with E-state index in [1.54, 1.807) is 32.9 Å². The number of hydrogen-bond acceptors (Lipinski definition) is 2. The summed E-state index contributed by atoms with van der Waals surface area (Å²) < 4.78 is 0. The van der Waals surface area contributed by atoms with E-state index in [1.807, 2.05) is 0 Å². The van der Waals surface area contributed by atoms with Gasteiger partial charge in [0.25, 0.3) is 0 Å². The van der Waals surface area contributed by atoms with Crippen molar-refractivity contribution in [3.05, 3.63) is 28.8 Å². The fraction of sp³-hybridized carbons (Fsp3) is 0.333. The second kappa shape index (κ2) is 3.07. The second-order valence-corrected chi connectivity index (χ2v) is 4.60. The van der Waals surface area contributed by atoms with Crippen LogP contribution in [0.2, 0.25) is 0 Å². The fourth-order valence-electron chi connectivity index (χ4n) is 1.96. The van der Waals surface area contributed by atoms with Crippen molar-refractivity contribution in [2.45, 2.75) is 26.2 Å². The van der Waals surface area contributed by atoms with Crippen LogP contribution < -0.4 is 5.32 Å². The highest BCUT2D eigenvalue weighted by Gasteiger charge is 2.39. The quantitative estimate of drug-likeness (QED) is 0.758. The summed E-state index contributed by atoms with van der Waals surface area (Å²) in [5.74, 6) is -1.06. The van der Waals surface area contributed by atoms with Gasteiger partial charge in [-0.25, -0.2) is 4.79 Å². The summed E-state index contributed by atoms with van der Waals surface area (Å²) in [7, 11) is 0. The minimum atomic E-state index is -0.971. The number of fused-ring (bicyclic) bond motifs is 1. The van der Waals surface area contributed by atoms with Gasteiger partial charge in [-0.3, -0.25) is 4.79 Å². The van der Waals surface area contributed by atoms with Crippen LogP contribution >= 0.6 is 0 Å². The maximum Gasteiger partial charge on any atom is 0.335 e. The number of anilines is 1. The van der Waals surface area contributed by atoms with Crippen molar-refractivity contribution in [2.75, 3.05) is 5.32 Å². The maximum atomic E-state index is 11.7. The Balaban J connectivity index is 2.69. The number of benzene rings is 1. The van der Waals surface area contributed by atoms with Crippen molar-refractivity contribution in [2.24, 2.45) is 0 Å². The highest BCUT2D eigenvalue weighted by Crippen LogP contribution is 2.39. The molecule has 4 heteroatoms. The predicted molar refractivity (Wildman–Crippen MR) is 59.8 cm³/mol. The zero-order chi connectivity index (χ0) is 12.1. The molecular formula is C12H13NO3. The van der Waals surface area contributed by atoms with Gasteiger partial charge < -0.3 is 10.4 Å². The SMILES string of the molecule is Cc1cc(C(=O)O)cc2c1NC(=O)C2(C)C. The van der Waals surface area contributed by atoms with Gasteiger partial charge in [0.05, 0.1) is 11.0 Å². The lowest BCUT2D eigenvalue weighted by molar-refractivity contribution is -0.119. The second-order valence-electron chi connectivity index (χ2n) is 4.60. The molecule has 1 aliphatic heterocycles. The molecule has 1 aromatic rings. The van der Waals surface area contributed by atoms with Crippen LogP contribution in [0.15, 0.2) is 12.1 Å². The van der Waals surface area contributed by atoms with Crippen molar-refractivity contribution in [1.29, 1.82) is 0 Å². The Morgan fingerprint density at radius 2 is 2.00 bits per heavy atom. The number of hydrogen-bond donors (Lipinski definition) is 2. The first kappa shape index (κ1) is 10.7. The normalized spacial score (nSPS) is 16.8. The maximum absolute atomic E-state index is 11.7. The van der Waals surface area contributed by atoms with Crippen molar-refractivity contribution in [1.82, 2.24) is 0 Å². The molecule has 1 aromatic carbocycles. The van der Waals surface area contributed by atoms with Gasteiger partial charge in [-0.2, -0.15) is 0 Å². The van der Waals surface area contributed by atoms with Crippen LogP contribution in [0, 0.1) is 6.92 Å². The lowest BCUT2D eigenvalue weighted by atomic mass is 9.84. The minimum Gasteiger partial charge on any atom is -0.478 e. The number of nitrogens with one attached hydrogen (secondary N) is 1. The molecule has 4 nitrogen and oxygen atoms in total. The van der Waals surface area contributed by atoms with Gasteiger partial charge >= 0.3 is 5.97 Å². The Morgan fingerprint density at radius 1 is 1.38 bits per heavy atom. The van der Waals surface area contributed by atoms with Crippen LogP contribution in [0.3, 0.4) is 0 Å². The Hall–Kier alpha value is -1.84. The van der Waals surface area contributed by atoms with E-state index in [0.717, 1.165) is 16.8 Å². The molecule has 0 saturated heterocycles. The average Bonchev–Trinajstić information content (AvgIpc) is 2.40. The lowest BCUT2D eigenvalue weighted by Gasteiger charge is -2.15. The van der Waals surface area contributed by atoms with Gasteiger partial charge in [0, 0.05) is 5.69 Å². The van der Waals surface area contributed by atoms with Crippen LogP contribution in [-0.2, 0) is 10.2 Å². The molecule has 1 heterocycles. The van der Waals surface area contributed by atoms with E-state index in [1.165, 1.54) is 0 Å². The van der Waals surface area contributed by atoms with Crippen molar-refractivity contribution in [3.63, 3.8) is 0 Å². The van der Waals surface area contributed by atoms with Crippen LogP contribution in [0.5, 0.6) is 0 Å². The monoisotopic (exact) mass is 219 g/mol. The first-order valence-electron chi connectivity index (χ1n) is 5.04. The van der Waals surface area contributed by atoms with Crippen molar-refractivity contribution >= 4 is 17.6 Å². The number of aryl methyl sites for hydroxylation is 1. The molecule has 16 heavy (non-hydrogen) atoms. The van der Waals surface area contributed by atoms with Crippen LogP contribution in [0.1, 0.15) is 35.3 Å². The summed E-state index contributed by atoms with van der Waals surface area (Å²) in [6.45, 7) is 5.38. The number of aromatic carboxylic acids is 1. The standard InChI is InChI=1S/C12H13NO3/c1-6-4-7(10(14)15)5-8-9(6)13-11(16)12(8,2)3/h4-5H,1-3H3,(H,13,16)(H,14,15). The molecule has 84 valence electrons. The van der Waals surface area contributed by atoms with Gasteiger partial charge in [0.2, 0.25) is 5.91 Å². The summed E-state index contributed by atoms with van der Waals surface area (Å²) >= 11 is 0. The molecular weight excluding hydrogens is 206 g/mol. The van der Waals surface area contributed by atoms with Gasteiger partial charge in [-0.1, -0.05) is 0 Å². The molecule has 0 fully saturated rings. The number of carbonyl (C=O) groups excluding carboxylic acids is 1. The fourth-order valence-corrected chi connectivity index (χ4v) is 1.96. The van der Waals surface area contributed by atoms with E-state index >= 15 is 0 Å². The third kappa shape index (κ3) is 1.30. The molecule has 2 N–H and O–H groups in total. The lowest BCUT2D eigenvalue weighted by Crippen LogP contribution is -2.26. The van der Waals surface area contributed by atoms with E-state index in [0.29, 0.717) is 0 Å². The Labute approximate surface area is 93.3 Å². The van der Waals surface area contributed by atoms with Gasteiger partial charge in [0.1, 0.15) is 0 Å². The van der Waals surface area contributed by atoms with Crippen LogP contribution in [0.25, 0.3) is 0 Å². The van der Waals surface area contributed by atoms with E-state index in [4.69, 9.17) is 5.11 Å². The highest BCUT2D eigenvalue weighted by atomic mass is 16.4. The van der Waals surface area contributed by atoms with Crippen molar-refractivity contribution in [3.8, 4) is 0 Å². The molecule has 0 radical (unpaired) electrons. The zero-order valence-electron chi connectivity index (χ0n) is 9.42. The van der Waals surface area contributed by atoms with Gasteiger partial charge in [-0.15, -0.1) is 0 Å². The number of carboxylic acid groups (broad SMARTS) is 1. The van der Waals surface area contributed by atoms with Crippen LogP contribution in [-0.4, -0.2) is 17.0 Å². The molecule has 0 aliphatic carbocycles. The zero-order valence-corrected chi connectivity index (χ0v) is 9.42. The van der Waals surface area contributed by atoms with Gasteiger partial charge in [0.15, 0.2) is 0 Å². The summed E-state index contributed by atoms with van der Waals surface area (Å²) in [5, 5.41) is 11.8. The largest absolute Gasteiger partial charge is 0.478 e. The average molecular weight is 219 g/mol. The molecule has 2 rings (SSSR count). The molecule has 0 bridgehead atoms. The topological polar surface area (TPSA) is 66.4 Å². The Kier molecular flexibility index (Phi) is 2.05. The Morgan fingerprint density at radius 3 is 2.56 bits per heavy atom. The van der Waals surface area contributed by atoms with E-state index < -0.39 is 11.4 Å². The number of carboxylic acids is 1. The van der Waals surface area contributed by atoms with E-state index in [-0.39, 0.29) is 11.5 Å². The first-order valence-corrected chi connectivity index (χ1v) is 5.04. The molecule has 0 atom stereocenters. The van der Waals surface area contributed by atoms with Gasteiger partial charge in [-0.05, 0) is 44.0 Å². The first-order chi connectivity index (χ1) is 7.34. The smallest absolute Gasteiger partial charge is 0.335 e. The molecule has 0 aromatic heterocycles. The number of amides is 1. The highest BCUT2D eigenvalue weighted by molar-refractivity contribution is 6.07. The molecule has 0 saturated carbocycles. The summed E-state index contributed by atoms with van der Waals surface area (Å²) in [6, 6.07) is 3.14. The third-order valence-corrected chi connectivity index (χ3v) is 3.06. The van der Waals surface area contributed by atoms with E-state index in [9.17, 15) is 9.59 Å². The summed E-state index contributed by atoms with van der Waals surface area (Å²) in [5.41, 5.74) is 1.86. The summed E-state index contributed by atoms with van der Waals surface area (Å²) in [6.07, 6.45) is 0. The summed E-state index contributed by atoms with van der Waals surface area (Å²) in [4.78, 5) is 22.7. The molecule has 0 unspecified atom stereocenters. The number of rotatable bonds is 1. The third-order valence-electron chi connectivity index (χ3n) is 3.06. The molecule has 1 aliphatic rings.